The van der Waals surface area contributed by atoms with Crippen molar-refractivity contribution < 1.29 is 18.7 Å². The van der Waals surface area contributed by atoms with Crippen molar-refractivity contribution in [1.29, 1.82) is 0 Å². The van der Waals surface area contributed by atoms with E-state index in [1.807, 2.05) is 48.7 Å². The first-order valence-electron chi connectivity index (χ1n) is 12.0. The van der Waals surface area contributed by atoms with E-state index in [1.54, 1.807) is 28.8 Å². The largest absolute Gasteiger partial charge is 0.386 e. The lowest BCUT2D eigenvalue weighted by Gasteiger charge is -2.23. The van der Waals surface area contributed by atoms with Gasteiger partial charge in [-0.15, -0.1) is 0 Å². The van der Waals surface area contributed by atoms with Crippen LogP contribution in [0.3, 0.4) is 0 Å². The van der Waals surface area contributed by atoms with E-state index in [1.165, 1.54) is 12.1 Å². The molecule has 1 aliphatic rings. The van der Waals surface area contributed by atoms with Crippen LogP contribution < -0.4 is 10.6 Å². The van der Waals surface area contributed by atoms with Crippen LogP contribution in [0, 0.1) is 5.82 Å². The number of anilines is 2. The van der Waals surface area contributed by atoms with E-state index in [0.29, 0.717) is 36.3 Å². The first kappa shape index (κ1) is 25.6. The highest BCUT2D eigenvalue weighted by Gasteiger charge is 2.36. The Labute approximate surface area is 227 Å². The summed E-state index contributed by atoms with van der Waals surface area (Å²) >= 11 is 3.45. The van der Waals surface area contributed by atoms with Crippen molar-refractivity contribution in [2.24, 2.45) is 0 Å². The second-order valence-electron chi connectivity index (χ2n) is 8.75. The van der Waals surface area contributed by atoms with Gasteiger partial charge in [-0.05, 0) is 72.6 Å². The lowest BCUT2D eigenvalue weighted by Crippen LogP contribution is -2.30. The minimum absolute atomic E-state index is 0.0407. The molecule has 1 aromatic heterocycles. The average molecular weight is 578 g/mol. The third-order valence-corrected chi connectivity index (χ3v) is 6.92. The molecule has 8 nitrogen and oxygen atoms in total. The van der Waals surface area contributed by atoms with Gasteiger partial charge in [-0.2, -0.15) is 5.10 Å². The molecule has 194 valence electrons. The van der Waals surface area contributed by atoms with Crippen LogP contribution in [0.15, 0.2) is 77.4 Å². The van der Waals surface area contributed by atoms with E-state index < -0.39 is 6.23 Å². The van der Waals surface area contributed by atoms with Crippen molar-refractivity contribution in [3.05, 3.63) is 94.3 Å². The topological polar surface area (TPSA) is 88.5 Å². The van der Waals surface area contributed by atoms with Crippen molar-refractivity contribution in [3.63, 3.8) is 0 Å². The SMILES string of the molecule is CNc1cc(CCN2C(=O)COC2c2cn(-c3ccc(Br)cc3)nc2-c2ccc(F)cc2)ccc1NC=O. The minimum atomic E-state index is -0.647. The summed E-state index contributed by atoms with van der Waals surface area (Å²) in [5.74, 6) is -0.462. The monoisotopic (exact) mass is 577 g/mol. The highest BCUT2D eigenvalue weighted by molar-refractivity contribution is 9.10. The Morgan fingerprint density at radius 1 is 1.11 bits per heavy atom. The molecule has 5 rings (SSSR count). The van der Waals surface area contributed by atoms with E-state index in [2.05, 4.69) is 26.6 Å². The average Bonchev–Trinajstić information content (AvgIpc) is 3.52. The number of ether oxygens (including phenoxy) is 1. The number of benzene rings is 3. The van der Waals surface area contributed by atoms with Crippen LogP contribution in [0.1, 0.15) is 17.4 Å². The summed E-state index contributed by atoms with van der Waals surface area (Å²) in [4.78, 5) is 25.5. The van der Waals surface area contributed by atoms with Crippen LogP contribution in [0.25, 0.3) is 16.9 Å². The molecule has 2 amide bonds. The van der Waals surface area contributed by atoms with Crippen molar-refractivity contribution >= 4 is 39.6 Å². The Morgan fingerprint density at radius 3 is 2.58 bits per heavy atom. The number of amides is 2. The van der Waals surface area contributed by atoms with Crippen molar-refractivity contribution in [1.82, 2.24) is 14.7 Å². The van der Waals surface area contributed by atoms with E-state index in [-0.39, 0.29) is 18.3 Å². The van der Waals surface area contributed by atoms with Crippen LogP contribution >= 0.6 is 15.9 Å². The number of carbonyl (C=O) groups is 2. The van der Waals surface area contributed by atoms with Gasteiger partial charge < -0.3 is 20.3 Å². The molecule has 1 fully saturated rings. The Bertz CT molecular complexity index is 1460. The molecule has 0 aliphatic carbocycles. The molecule has 0 bridgehead atoms. The smallest absolute Gasteiger partial charge is 0.250 e. The highest BCUT2D eigenvalue weighted by Crippen LogP contribution is 2.36. The molecule has 38 heavy (non-hydrogen) atoms. The summed E-state index contributed by atoms with van der Waals surface area (Å²) in [5.41, 5.74) is 5.33. The molecule has 4 aromatic rings. The third-order valence-electron chi connectivity index (χ3n) is 6.39. The molecule has 2 N–H and O–H groups in total. The number of rotatable bonds is 9. The zero-order chi connectivity index (χ0) is 26.6. The summed E-state index contributed by atoms with van der Waals surface area (Å²) < 4.78 is 22.3. The van der Waals surface area contributed by atoms with E-state index in [4.69, 9.17) is 9.84 Å². The Hall–Kier alpha value is -4.02. The van der Waals surface area contributed by atoms with Crippen LogP contribution in [-0.2, 0) is 20.7 Å². The normalized spacial score (nSPS) is 15.1. The molecule has 0 saturated carbocycles. The lowest BCUT2D eigenvalue weighted by molar-refractivity contribution is -0.128. The van der Waals surface area contributed by atoms with Crippen molar-refractivity contribution in [2.45, 2.75) is 12.6 Å². The molecule has 10 heteroatoms. The number of halogens is 2. The zero-order valence-electron chi connectivity index (χ0n) is 20.5. The van der Waals surface area contributed by atoms with Crippen LogP contribution in [0.4, 0.5) is 15.8 Å². The van der Waals surface area contributed by atoms with Gasteiger partial charge in [-0.1, -0.05) is 22.0 Å². The first-order valence-corrected chi connectivity index (χ1v) is 12.8. The number of carbonyl (C=O) groups excluding carboxylic acids is 2. The lowest BCUT2D eigenvalue weighted by atomic mass is 10.1. The number of nitrogens with zero attached hydrogens (tertiary/aromatic N) is 3. The maximum absolute atomic E-state index is 13.7. The van der Waals surface area contributed by atoms with Gasteiger partial charge in [0.2, 0.25) is 6.41 Å². The number of nitrogens with one attached hydrogen (secondary N) is 2. The molecular formula is C28H25BrFN5O3. The van der Waals surface area contributed by atoms with E-state index in [9.17, 15) is 14.0 Å². The first-order chi connectivity index (χ1) is 18.5. The van der Waals surface area contributed by atoms with Gasteiger partial charge in [0.05, 0.1) is 17.1 Å². The second-order valence-corrected chi connectivity index (χ2v) is 9.67. The van der Waals surface area contributed by atoms with Gasteiger partial charge in [0, 0.05) is 35.4 Å². The summed E-state index contributed by atoms with van der Waals surface area (Å²) in [6, 6.07) is 19.5. The van der Waals surface area contributed by atoms with Gasteiger partial charge in [-0.25, -0.2) is 9.07 Å². The molecule has 0 spiro atoms. The Kier molecular flexibility index (Phi) is 7.52. The summed E-state index contributed by atoms with van der Waals surface area (Å²) in [5, 5.41) is 10.5. The molecule has 1 atom stereocenters. The zero-order valence-corrected chi connectivity index (χ0v) is 22.1. The van der Waals surface area contributed by atoms with Gasteiger partial charge in [0.25, 0.3) is 5.91 Å². The summed E-state index contributed by atoms with van der Waals surface area (Å²) in [6.45, 7) is 0.375. The number of aromatic nitrogens is 2. The molecule has 0 radical (unpaired) electrons. The van der Waals surface area contributed by atoms with Crippen molar-refractivity contribution in [3.8, 4) is 16.9 Å². The minimum Gasteiger partial charge on any atom is -0.386 e. The third kappa shape index (κ3) is 5.32. The van der Waals surface area contributed by atoms with Gasteiger partial charge >= 0.3 is 0 Å². The Balaban J connectivity index is 1.46. The fourth-order valence-electron chi connectivity index (χ4n) is 4.47. The van der Waals surface area contributed by atoms with Crippen LogP contribution in [0.5, 0.6) is 0 Å². The quantitative estimate of drug-likeness (QED) is 0.268. The number of hydrogen-bond acceptors (Lipinski definition) is 5. The summed E-state index contributed by atoms with van der Waals surface area (Å²) in [6.07, 6.45) is 2.42. The summed E-state index contributed by atoms with van der Waals surface area (Å²) in [7, 11) is 1.78. The van der Waals surface area contributed by atoms with Crippen molar-refractivity contribution in [2.75, 3.05) is 30.8 Å². The predicted molar refractivity (Wildman–Crippen MR) is 146 cm³/mol. The number of hydrogen-bond donors (Lipinski definition) is 2. The molecule has 3 aromatic carbocycles. The molecule has 1 unspecified atom stereocenters. The van der Waals surface area contributed by atoms with Gasteiger partial charge in [0.1, 0.15) is 18.1 Å². The maximum Gasteiger partial charge on any atom is 0.250 e. The van der Waals surface area contributed by atoms with Gasteiger partial charge in [-0.3, -0.25) is 9.59 Å². The molecule has 2 heterocycles. The fraction of sp³-hybridized carbons (Fsp3) is 0.179. The fourth-order valence-corrected chi connectivity index (χ4v) is 4.74. The predicted octanol–water partition coefficient (Wildman–Crippen LogP) is 5.15. The van der Waals surface area contributed by atoms with Gasteiger partial charge in [0.15, 0.2) is 6.23 Å². The van der Waals surface area contributed by atoms with Crippen LogP contribution in [-0.4, -0.2) is 47.2 Å². The highest BCUT2D eigenvalue weighted by atomic mass is 79.9. The second kappa shape index (κ2) is 11.2. The standard InChI is InChI=1S/C28H25BrFN5O3/c1-31-25-14-18(2-11-24(25)32-17-36)12-13-34-26(37)16-38-28(34)23-15-35(22-9-5-20(29)6-10-22)33-27(23)19-3-7-21(30)8-4-19/h2-11,14-15,17,28,31H,12-13,16H2,1H3,(H,32,36). The Morgan fingerprint density at radius 2 is 1.87 bits per heavy atom. The molecule has 1 saturated heterocycles. The van der Waals surface area contributed by atoms with E-state index in [0.717, 1.165) is 27.0 Å². The van der Waals surface area contributed by atoms with Crippen LogP contribution in [0.2, 0.25) is 0 Å². The molecule has 1 aliphatic heterocycles. The molecular weight excluding hydrogens is 553 g/mol. The maximum atomic E-state index is 13.7. The van der Waals surface area contributed by atoms with E-state index >= 15 is 0 Å².